The Labute approximate surface area is 123 Å². The average Bonchev–Trinajstić information content (AvgIpc) is 2.46. The van der Waals surface area contributed by atoms with Crippen LogP contribution in [0.4, 0.5) is 5.69 Å². The summed E-state index contributed by atoms with van der Waals surface area (Å²) in [5, 5.41) is 12.9. The first-order chi connectivity index (χ1) is 9.58. The molecule has 2 aromatic carbocycles. The highest BCUT2D eigenvalue weighted by molar-refractivity contribution is 6.33. The summed E-state index contributed by atoms with van der Waals surface area (Å²) >= 11 is 6.06. The number of hydrogen-bond donors (Lipinski definition) is 2. The van der Waals surface area contributed by atoms with Crippen molar-refractivity contribution in [3.05, 3.63) is 64.7 Å². The number of aliphatic carboxylic acids is 1. The van der Waals surface area contributed by atoms with Crippen LogP contribution in [0.5, 0.6) is 0 Å². The Morgan fingerprint density at radius 3 is 2.45 bits per heavy atom. The number of para-hydroxylation sites is 1. The lowest BCUT2D eigenvalue weighted by Crippen LogP contribution is -2.07. The molecule has 104 valence electrons. The fourth-order valence-corrected chi connectivity index (χ4v) is 2.07. The van der Waals surface area contributed by atoms with Gasteiger partial charge >= 0.3 is 5.97 Å². The molecule has 0 aromatic heterocycles. The highest BCUT2D eigenvalue weighted by Crippen LogP contribution is 2.21. The van der Waals surface area contributed by atoms with Crippen molar-refractivity contribution < 1.29 is 9.90 Å². The molecule has 0 saturated heterocycles. The van der Waals surface area contributed by atoms with Crippen molar-refractivity contribution in [3.63, 3.8) is 0 Å². The molecule has 2 N–H and O–H groups in total. The van der Waals surface area contributed by atoms with Gasteiger partial charge in [0.1, 0.15) is 0 Å². The molecule has 0 aliphatic carbocycles. The number of halogens is 1. The van der Waals surface area contributed by atoms with E-state index in [4.69, 9.17) is 16.7 Å². The fourth-order valence-electron chi connectivity index (χ4n) is 1.87. The molecule has 2 rings (SSSR count). The van der Waals surface area contributed by atoms with E-state index < -0.39 is 11.9 Å². The standard InChI is InChI=1S/C16H16ClNO2/c1-11(16(19)20)13-8-6-12(7-9-13)10-18-15-5-3-2-4-14(15)17/h2-9,11,18H,10H2,1H3,(H,19,20). The van der Waals surface area contributed by atoms with Crippen molar-refractivity contribution in [2.45, 2.75) is 19.4 Å². The van der Waals surface area contributed by atoms with Crippen LogP contribution in [0.25, 0.3) is 0 Å². The minimum Gasteiger partial charge on any atom is -0.481 e. The fraction of sp³-hybridized carbons (Fsp3) is 0.188. The van der Waals surface area contributed by atoms with E-state index in [0.717, 1.165) is 16.8 Å². The molecule has 4 heteroatoms. The summed E-state index contributed by atoms with van der Waals surface area (Å²) in [5.41, 5.74) is 2.77. The summed E-state index contributed by atoms with van der Waals surface area (Å²) in [4.78, 5) is 10.9. The van der Waals surface area contributed by atoms with Gasteiger partial charge in [0.2, 0.25) is 0 Å². The van der Waals surface area contributed by atoms with Gasteiger partial charge in [0.15, 0.2) is 0 Å². The molecule has 0 fully saturated rings. The SMILES string of the molecule is CC(C(=O)O)c1ccc(CNc2ccccc2Cl)cc1. The number of benzene rings is 2. The van der Waals surface area contributed by atoms with Crippen LogP contribution < -0.4 is 5.32 Å². The Kier molecular flexibility index (Phi) is 4.64. The van der Waals surface area contributed by atoms with Gasteiger partial charge in [-0.2, -0.15) is 0 Å². The number of rotatable bonds is 5. The summed E-state index contributed by atoms with van der Waals surface area (Å²) in [7, 11) is 0. The van der Waals surface area contributed by atoms with E-state index in [1.54, 1.807) is 6.92 Å². The van der Waals surface area contributed by atoms with Gasteiger partial charge < -0.3 is 10.4 Å². The van der Waals surface area contributed by atoms with Crippen molar-refractivity contribution in [2.75, 3.05) is 5.32 Å². The molecule has 0 bridgehead atoms. The zero-order chi connectivity index (χ0) is 14.5. The monoisotopic (exact) mass is 289 g/mol. The van der Waals surface area contributed by atoms with E-state index in [0.29, 0.717) is 11.6 Å². The van der Waals surface area contributed by atoms with Crippen molar-refractivity contribution in [1.29, 1.82) is 0 Å². The van der Waals surface area contributed by atoms with Crippen molar-refractivity contribution in [2.24, 2.45) is 0 Å². The molecule has 3 nitrogen and oxygen atoms in total. The number of hydrogen-bond acceptors (Lipinski definition) is 2. The van der Waals surface area contributed by atoms with Crippen LogP contribution in [0.3, 0.4) is 0 Å². The number of carboxylic acid groups (broad SMARTS) is 1. The molecule has 1 atom stereocenters. The molecular weight excluding hydrogens is 274 g/mol. The summed E-state index contributed by atoms with van der Waals surface area (Å²) in [6.45, 7) is 2.32. The van der Waals surface area contributed by atoms with E-state index in [2.05, 4.69) is 5.32 Å². The van der Waals surface area contributed by atoms with Crippen LogP contribution in [0.15, 0.2) is 48.5 Å². The predicted octanol–water partition coefficient (Wildman–Crippen LogP) is 4.14. The summed E-state index contributed by atoms with van der Waals surface area (Å²) in [6.07, 6.45) is 0. The normalized spacial score (nSPS) is 11.9. The molecule has 0 heterocycles. The maximum absolute atomic E-state index is 10.9. The second-order valence-electron chi connectivity index (χ2n) is 4.63. The summed E-state index contributed by atoms with van der Waals surface area (Å²) in [6, 6.07) is 15.1. The lowest BCUT2D eigenvalue weighted by Gasteiger charge is -2.10. The average molecular weight is 290 g/mol. The topological polar surface area (TPSA) is 49.3 Å². The predicted molar refractivity (Wildman–Crippen MR) is 81.3 cm³/mol. The summed E-state index contributed by atoms with van der Waals surface area (Å²) < 4.78 is 0. The van der Waals surface area contributed by atoms with Gasteiger partial charge in [-0.05, 0) is 30.2 Å². The van der Waals surface area contributed by atoms with Crippen LogP contribution in [0.2, 0.25) is 5.02 Å². The Hall–Kier alpha value is -2.00. The highest BCUT2D eigenvalue weighted by atomic mass is 35.5. The van der Waals surface area contributed by atoms with Crippen LogP contribution in [0.1, 0.15) is 24.0 Å². The van der Waals surface area contributed by atoms with Crippen LogP contribution in [0, 0.1) is 0 Å². The quantitative estimate of drug-likeness (QED) is 0.870. The maximum Gasteiger partial charge on any atom is 0.310 e. The van der Waals surface area contributed by atoms with Gasteiger partial charge in [0.25, 0.3) is 0 Å². The van der Waals surface area contributed by atoms with E-state index in [-0.39, 0.29) is 0 Å². The lowest BCUT2D eigenvalue weighted by molar-refractivity contribution is -0.138. The third kappa shape index (κ3) is 3.52. The van der Waals surface area contributed by atoms with Crippen molar-refractivity contribution >= 4 is 23.3 Å². The molecule has 0 aliphatic heterocycles. The maximum atomic E-state index is 10.9. The zero-order valence-corrected chi connectivity index (χ0v) is 11.9. The smallest absolute Gasteiger partial charge is 0.310 e. The van der Waals surface area contributed by atoms with Crippen molar-refractivity contribution in [3.8, 4) is 0 Å². The van der Waals surface area contributed by atoms with Crippen molar-refractivity contribution in [1.82, 2.24) is 0 Å². The van der Waals surface area contributed by atoms with E-state index >= 15 is 0 Å². The Bertz CT molecular complexity index is 596. The van der Waals surface area contributed by atoms with Crippen LogP contribution in [-0.4, -0.2) is 11.1 Å². The Balaban J connectivity index is 2.01. The van der Waals surface area contributed by atoms with E-state index in [1.165, 1.54) is 0 Å². The van der Waals surface area contributed by atoms with Gasteiger partial charge in [-0.15, -0.1) is 0 Å². The molecule has 20 heavy (non-hydrogen) atoms. The Morgan fingerprint density at radius 2 is 1.85 bits per heavy atom. The van der Waals surface area contributed by atoms with E-state index in [9.17, 15) is 4.79 Å². The Morgan fingerprint density at radius 1 is 1.20 bits per heavy atom. The van der Waals surface area contributed by atoms with Crippen LogP contribution in [-0.2, 0) is 11.3 Å². The van der Waals surface area contributed by atoms with Gasteiger partial charge in [-0.25, -0.2) is 0 Å². The molecule has 0 saturated carbocycles. The molecule has 0 aliphatic rings. The molecule has 2 aromatic rings. The highest BCUT2D eigenvalue weighted by Gasteiger charge is 2.12. The second kappa shape index (κ2) is 6.44. The zero-order valence-electron chi connectivity index (χ0n) is 11.1. The second-order valence-corrected chi connectivity index (χ2v) is 5.04. The molecular formula is C16H16ClNO2. The van der Waals surface area contributed by atoms with Crippen LogP contribution >= 0.6 is 11.6 Å². The number of carboxylic acids is 1. The molecule has 1 unspecified atom stereocenters. The largest absolute Gasteiger partial charge is 0.481 e. The number of anilines is 1. The minimum atomic E-state index is -0.813. The number of carbonyl (C=O) groups is 1. The first kappa shape index (κ1) is 14.4. The molecule has 0 amide bonds. The van der Waals surface area contributed by atoms with E-state index in [1.807, 2.05) is 48.5 Å². The third-order valence-electron chi connectivity index (χ3n) is 3.21. The van der Waals surface area contributed by atoms with Gasteiger partial charge in [0.05, 0.1) is 16.6 Å². The number of nitrogens with one attached hydrogen (secondary N) is 1. The molecule has 0 radical (unpaired) electrons. The van der Waals surface area contributed by atoms with Gasteiger partial charge in [0, 0.05) is 6.54 Å². The molecule has 0 spiro atoms. The first-order valence-corrected chi connectivity index (χ1v) is 6.76. The first-order valence-electron chi connectivity index (χ1n) is 6.38. The van der Waals surface area contributed by atoms with Gasteiger partial charge in [-0.1, -0.05) is 48.0 Å². The summed E-state index contributed by atoms with van der Waals surface area (Å²) in [5.74, 6) is -1.30. The lowest BCUT2D eigenvalue weighted by atomic mass is 10.00. The minimum absolute atomic E-state index is 0.486. The third-order valence-corrected chi connectivity index (χ3v) is 3.54. The van der Waals surface area contributed by atoms with Gasteiger partial charge in [-0.3, -0.25) is 4.79 Å².